The van der Waals surface area contributed by atoms with Gasteiger partial charge in [0.1, 0.15) is 5.82 Å². The summed E-state index contributed by atoms with van der Waals surface area (Å²) in [6.07, 6.45) is 6.38. The van der Waals surface area contributed by atoms with Crippen molar-refractivity contribution >= 4 is 29.9 Å². The first kappa shape index (κ1) is 24.6. The summed E-state index contributed by atoms with van der Waals surface area (Å²) in [5.74, 6) is 1.86. The van der Waals surface area contributed by atoms with Crippen LogP contribution in [0.5, 0.6) is 0 Å². The SMILES string of the molecule is CCNC(=NCC1(CCO)CCOC1)NCCc1nccn1Cc1ccccc1.I. The van der Waals surface area contributed by atoms with Crippen LogP contribution in [0.1, 0.15) is 31.2 Å². The molecule has 166 valence electrons. The van der Waals surface area contributed by atoms with E-state index in [9.17, 15) is 5.11 Å². The fraction of sp³-hybridized carbons (Fsp3) is 0.545. The van der Waals surface area contributed by atoms with Crippen LogP contribution in [0, 0.1) is 5.41 Å². The van der Waals surface area contributed by atoms with Crippen molar-refractivity contribution < 1.29 is 9.84 Å². The zero-order valence-electron chi connectivity index (χ0n) is 17.7. The standard InChI is InChI=1S/C22H33N5O2.HI/c1-2-23-21(26-17-22(9-14-28)10-15-29-18-22)25-11-8-20-24-12-13-27(20)16-19-6-4-3-5-7-19;/h3-7,12-13,28H,2,8-11,14-18H2,1H3,(H2,23,25,26);1H. The van der Waals surface area contributed by atoms with Gasteiger partial charge < -0.3 is 25.0 Å². The second-order valence-corrected chi connectivity index (χ2v) is 7.61. The van der Waals surface area contributed by atoms with E-state index in [1.54, 1.807) is 0 Å². The van der Waals surface area contributed by atoms with Crippen LogP contribution < -0.4 is 10.6 Å². The van der Waals surface area contributed by atoms with Crippen LogP contribution in [0.3, 0.4) is 0 Å². The third-order valence-corrected chi connectivity index (χ3v) is 5.38. The normalized spacial score (nSPS) is 18.8. The number of hydrogen-bond donors (Lipinski definition) is 3. The number of rotatable bonds is 10. The van der Waals surface area contributed by atoms with E-state index in [0.29, 0.717) is 13.2 Å². The van der Waals surface area contributed by atoms with Gasteiger partial charge in [-0.2, -0.15) is 0 Å². The van der Waals surface area contributed by atoms with Gasteiger partial charge in [-0.05, 0) is 25.3 Å². The highest BCUT2D eigenvalue weighted by Gasteiger charge is 2.34. The van der Waals surface area contributed by atoms with Crippen molar-refractivity contribution in [1.82, 2.24) is 20.2 Å². The summed E-state index contributed by atoms with van der Waals surface area (Å²) in [7, 11) is 0. The number of imidazole rings is 1. The lowest BCUT2D eigenvalue weighted by Crippen LogP contribution is -2.40. The molecule has 0 amide bonds. The number of aliphatic imine (C=N–C) groups is 1. The molecule has 0 saturated carbocycles. The predicted octanol–water partition coefficient (Wildman–Crippen LogP) is 2.44. The molecule has 0 bridgehead atoms. The van der Waals surface area contributed by atoms with E-state index in [2.05, 4.69) is 51.4 Å². The Labute approximate surface area is 196 Å². The molecule has 2 aromatic rings. The minimum atomic E-state index is -0.0387. The Hall–Kier alpha value is -1.65. The maximum Gasteiger partial charge on any atom is 0.191 e. The fourth-order valence-electron chi connectivity index (χ4n) is 3.66. The summed E-state index contributed by atoms with van der Waals surface area (Å²) < 4.78 is 7.75. The number of benzene rings is 1. The molecule has 1 atom stereocenters. The summed E-state index contributed by atoms with van der Waals surface area (Å²) in [6, 6.07) is 10.4. The molecule has 2 heterocycles. The average Bonchev–Trinajstić information content (AvgIpc) is 3.37. The summed E-state index contributed by atoms with van der Waals surface area (Å²) in [5.41, 5.74) is 1.23. The lowest BCUT2D eigenvalue weighted by molar-refractivity contribution is 0.131. The number of guanidine groups is 1. The summed E-state index contributed by atoms with van der Waals surface area (Å²) in [5, 5.41) is 16.1. The molecule has 1 unspecified atom stereocenters. The first-order valence-corrected chi connectivity index (χ1v) is 10.5. The Morgan fingerprint density at radius 1 is 1.30 bits per heavy atom. The highest BCUT2D eigenvalue weighted by Crippen LogP contribution is 2.32. The van der Waals surface area contributed by atoms with Gasteiger partial charge in [0.2, 0.25) is 0 Å². The molecule has 0 radical (unpaired) electrons. The first-order chi connectivity index (χ1) is 14.2. The van der Waals surface area contributed by atoms with Gasteiger partial charge >= 0.3 is 0 Å². The topological polar surface area (TPSA) is 83.7 Å². The smallest absolute Gasteiger partial charge is 0.191 e. The van der Waals surface area contributed by atoms with E-state index in [0.717, 1.165) is 57.3 Å². The van der Waals surface area contributed by atoms with Gasteiger partial charge in [0.15, 0.2) is 5.96 Å². The minimum Gasteiger partial charge on any atom is -0.396 e. The summed E-state index contributed by atoms with van der Waals surface area (Å²) >= 11 is 0. The molecule has 0 aliphatic carbocycles. The number of halogens is 1. The van der Waals surface area contributed by atoms with Crippen LogP contribution in [0.25, 0.3) is 0 Å². The van der Waals surface area contributed by atoms with E-state index >= 15 is 0 Å². The molecule has 1 aliphatic heterocycles. The van der Waals surface area contributed by atoms with Gasteiger partial charge in [-0.3, -0.25) is 4.99 Å². The number of ether oxygens (including phenoxy) is 1. The lowest BCUT2D eigenvalue weighted by atomic mass is 9.84. The van der Waals surface area contributed by atoms with E-state index in [4.69, 9.17) is 9.73 Å². The molecule has 8 heteroatoms. The zero-order valence-corrected chi connectivity index (χ0v) is 20.0. The van der Waals surface area contributed by atoms with Gasteiger partial charge in [-0.1, -0.05) is 30.3 Å². The van der Waals surface area contributed by atoms with E-state index < -0.39 is 0 Å². The first-order valence-electron chi connectivity index (χ1n) is 10.5. The molecule has 3 rings (SSSR count). The third-order valence-electron chi connectivity index (χ3n) is 5.38. The van der Waals surface area contributed by atoms with E-state index in [-0.39, 0.29) is 36.0 Å². The largest absolute Gasteiger partial charge is 0.396 e. The van der Waals surface area contributed by atoms with Crippen molar-refractivity contribution in [2.24, 2.45) is 10.4 Å². The van der Waals surface area contributed by atoms with Crippen LogP contribution >= 0.6 is 24.0 Å². The average molecular weight is 527 g/mol. The maximum atomic E-state index is 9.39. The Kier molecular flexibility index (Phi) is 10.6. The van der Waals surface area contributed by atoms with Crippen molar-refractivity contribution in [3.05, 3.63) is 54.1 Å². The van der Waals surface area contributed by atoms with Crippen molar-refractivity contribution in [3.8, 4) is 0 Å². The molecule has 1 aliphatic rings. The molecular weight excluding hydrogens is 493 g/mol. The van der Waals surface area contributed by atoms with Crippen LogP contribution in [0.15, 0.2) is 47.7 Å². The molecule has 0 spiro atoms. The molecule has 7 nitrogen and oxygen atoms in total. The zero-order chi connectivity index (χ0) is 20.4. The van der Waals surface area contributed by atoms with E-state index in [1.807, 2.05) is 18.5 Å². The number of aromatic nitrogens is 2. The molecule has 1 aromatic carbocycles. The molecule has 30 heavy (non-hydrogen) atoms. The molecule has 1 aromatic heterocycles. The monoisotopic (exact) mass is 527 g/mol. The molecule has 1 fully saturated rings. The van der Waals surface area contributed by atoms with Crippen LogP contribution in [-0.2, 0) is 17.7 Å². The third kappa shape index (κ3) is 7.24. The van der Waals surface area contributed by atoms with Gasteiger partial charge in [0.05, 0.1) is 13.2 Å². The number of hydrogen-bond acceptors (Lipinski definition) is 4. The van der Waals surface area contributed by atoms with Crippen LogP contribution in [0.4, 0.5) is 0 Å². The number of aliphatic hydroxyl groups is 1. The number of aliphatic hydroxyl groups excluding tert-OH is 1. The van der Waals surface area contributed by atoms with Crippen molar-refractivity contribution in [2.75, 3.05) is 39.5 Å². The van der Waals surface area contributed by atoms with Gasteiger partial charge in [0, 0.05) is 57.1 Å². The van der Waals surface area contributed by atoms with E-state index in [1.165, 1.54) is 5.56 Å². The summed E-state index contributed by atoms with van der Waals surface area (Å²) in [4.78, 5) is 9.29. The molecular formula is C22H34IN5O2. The Balaban J connectivity index is 0.00000320. The van der Waals surface area contributed by atoms with Crippen molar-refractivity contribution in [1.29, 1.82) is 0 Å². The second-order valence-electron chi connectivity index (χ2n) is 7.61. The summed E-state index contributed by atoms with van der Waals surface area (Å²) in [6.45, 7) is 6.70. The quantitative estimate of drug-likeness (QED) is 0.251. The van der Waals surface area contributed by atoms with Gasteiger partial charge in [-0.15, -0.1) is 24.0 Å². The highest BCUT2D eigenvalue weighted by molar-refractivity contribution is 14.0. The maximum absolute atomic E-state index is 9.39. The minimum absolute atomic E-state index is 0. The lowest BCUT2D eigenvalue weighted by Gasteiger charge is -2.24. The molecule has 3 N–H and O–H groups in total. The predicted molar refractivity (Wildman–Crippen MR) is 130 cm³/mol. The second kappa shape index (κ2) is 12.9. The fourth-order valence-corrected chi connectivity index (χ4v) is 3.66. The van der Waals surface area contributed by atoms with Crippen molar-refractivity contribution in [2.45, 2.75) is 32.7 Å². The van der Waals surface area contributed by atoms with Crippen molar-refractivity contribution in [3.63, 3.8) is 0 Å². The van der Waals surface area contributed by atoms with Crippen LogP contribution in [-0.4, -0.2) is 60.1 Å². The van der Waals surface area contributed by atoms with Gasteiger partial charge in [0.25, 0.3) is 0 Å². The highest BCUT2D eigenvalue weighted by atomic mass is 127. The Morgan fingerprint density at radius 3 is 2.83 bits per heavy atom. The number of nitrogens with one attached hydrogen (secondary N) is 2. The molecule has 1 saturated heterocycles. The van der Waals surface area contributed by atoms with Gasteiger partial charge in [-0.25, -0.2) is 4.98 Å². The van der Waals surface area contributed by atoms with Crippen LogP contribution in [0.2, 0.25) is 0 Å². The number of nitrogens with zero attached hydrogens (tertiary/aromatic N) is 3. The Morgan fingerprint density at radius 2 is 2.13 bits per heavy atom. The Bertz CT molecular complexity index is 760.